The molecule has 78 valence electrons. The van der Waals surface area contributed by atoms with Crippen LogP contribution in [0.3, 0.4) is 0 Å². The van der Waals surface area contributed by atoms with Gasteiger partial charge in [-0.15, -0.1) is 11.3 Å². The molecule has 1 N–H and O–H groups in total. The van der Waals surface area contributed by atoms with Gasteiger partial charge in [-0.2, -0.15) is 0 Å². The van der Waals surface area contributed by atoms with Crippen molar-refractivity contribution < 1.29 is 0 Å². The largest absolute Gasteiger partial charge is 0.309 e. The highest BCUT2D eigenvalue weighted by Gasteiger charge is 2.12. The molecule has 1 nitrogen and oxygen atoms in total. The van der Waals surface area contributed by atoms with Gasteiger partial charge in [0, 0.05) is 8.45 Å². The van der Waals surface area contributed by atoms with E-state index in [1.807, 2.05) is 7.05 Å². The Bertz CT molecular complexity index is 425. The quantitative estimate of drug-likeness (QED) is 0.848. The molecule has 1 unspecified atom stereocenters. The summed E-state index contributed by atoms with van der Waals surface area (Å²) in [7, 11) is 2.00. The zero-order chi connectivity index (χ0) is 10.7. The molecule has 0 radical (unpaired) electrons. The van der Waals surface area contributed by atoms with E-state index < -0.39 is 0 Å². The Morgan fingerprint density at radius 3 is 2.73 bits per heavy atom. The lowest BCUT2D eigenvalue weighted by atomic mass is 10.1. The molecule has 0 saturated heterocycles. The Morgan fingerprint density at radius 1 is 1.27 bits per heavy atom. The van der Waals surface area contributed by atoms with Crippen LogP contribution in [-0.2, 0) is 0 Å². The number of hydrogen-bond acceptors (Lipinski definition) is 2. The second-order valence-corrected chi connectivity index (χ2v) is 5.52. The number of nitrogens with one attached hydrogen (secondary N) is 1. The smallest absolute Gasteiger partial charge is 0.0668 e. The summed E-state index contributed by atoms with van der Waals surface area (Å²) in [6.07, 6.45) is 0. The summed E-state index contributed by atoms with van der Waals surface area (Å²) in [5.41, 5.74) is 1.33. The summed E-state index contributed by atoms with van der Waals surface area (Å²) in [5, 5.41) is 5.47. The molecule has 0 spiro atoms. The minimum absolute atomic E-state index is 0.319. The Balaban J connectivity index is 2.35. The van der Waals surface area contributed by atoms with E-state index >= 15 is 0 Å². The summed E-state index contributed by atoms with van der Waals surface area (Å²) >= 11 is 4.14. The van der Waals surface area contributed by atoms with Crippen molar-refractivity contribution in [2.24, 2.45) is 0 Å². The minimum Gasteiger partial charge on any atom is -0.309 e. The highest BCUT2D eigenvalue weighted by atomic mass is 127. The average Bonchev–Trinajstić information content (AvgIpc) is 2.72. The van der Waals surface area contributed by atoms with Crippen LogP contribution in [0.5, 0.6) is 0 Å². The van der Waals surface area contributed by atoms with Crippen LogP contribution in [0.4, 0.5) is 0 Å². The molecule has 1 aromatic carbocycles. The van der Waals surface area contributed by atoms with Crippen molar-refractivity contribution in [1.29, 1.82) is 0 Å². The maximum absolute atomic E-state index is 3.36. The van der Waals surface area contributed by atoms with Crippen LogP contribution in [0.15, 0.2) is 41.8 Å². The second kappa shape index (κ2) is 5.09. The van der Waals surface area contributed by atoms with E-state index in [0.717, 1.165) is 0 Å². The molecule has 15 heavy (non-hydrogen) atoms. The fourth-order valence-corrected chi connectivity index (χ4v) is 3.04. The molecule has 0 bridgehead atoms. The number of rotatable bonds is 3. The maximum atomic E-state index is 3.36. The third-order valence-corrected chi connectivity index (χ3v) is 3.91. The molecule has 0 saturated carbocycles. The third kappa shape index (κ3) is 2.59. The van der Waals surface area contributed by atoms with Crippen molar-refractivity contribution >= 4 is 33.9 Å². The van der Waals surface area contributed by atoms with E-state index in [1.54, 1.807) is 11.3 Å². The molecule has 0 fully saturated rings. The predicted molar refractivity (Wildman–Crippen MR) is 74.4 cm³/mol. The molecule has 0 aliphatic carbocycles. The van der Waals surface area contributed by atoms with Crippen LogP contribution in [-0.4, -0.2) is 7.05 Å². The van der Waals surface area contributed by atoms with Crippen molar-refractivity contribution in [2.75, 3.05) is 7.05 Å². The van der Waals surface area contributed by atoms with Gasteiger partial charge < -0.3 is 5.32 Å². The Labute approximate surface area is 108 Å². The lowest BCUT2D eigenvalue weighted by Crippen LogP contribution is -2.16. The van der Waals surface area contributed by atoms with Crippen molar-refractivity contribution in [3.63, 3.8) is 0 Å². The normalized spacial score (nSPS) is 12.7. The summed E-state index contributed by atoms with van der Waals surface area (Å²) in [6.45, 7) is 0. The first kappa shape index (κ1) is 11.1. The van der Waals surface area contributed by atoms with Gasteiger partial charge in [0.1, 0.15) is 0 Å². The van der Waals surface area contributed by atoms with Gasteiger partial charge in [-0.05, 0) is 58.8 Å². The average molecular weight is 329 g/mol. The van der Waals surface area contributed by atoms with Gasteiger partial charge in [0.15, 0.2) is 0 Å². The number of thiophene rings is 1. The lowest BCUT2D eigenvalue weighted by Gasteiger charge is -2.15. The Hall–Kier alpha value is -0.390. The summed E-state index contributed by atoms with van der Waals surface area (Å²) in [6, 6.07) is 13.2. The van der Waals surface area contributed by atoms with E-state index in [-0.39, 0.29) is 0 Å². The van der Waals surface area contributed by atoms with Crippen LogP contribution in [0.2, 0.25) is 0 Å². The second-order valence-electron chi connectivity index (χ2n) is 3.29. The van der Waals surface area contributed by atoms with Crippen LogP contribution in [0, 0.1) is 3.57 Å². The molecule has 0 aliphatic heterocycles. The highest BCUT2D eigenvalue weighted by molar-refractivity contribution is 14.1. The molecular weight excluding hydrogens is 317 g/mol. The van der Waals surface area contributed by atoms with E-state index in [1.165, 1.54) is 14.0 Å². The van der Waals surface area contributed by atoms with Gasteiger partial charge in [-0.25, -0.2) is 0 Å². The minimum atomic E-state index is 0.319. The molecule has 0 amide bonds. The molecule has 2 aromatic rings. The molecule has 1 aromatic heterocycles. The van der Waals surface area contributed by atoms with Crippen molar-refractivity contribution in [2.45, 2.75) is 6.04 Å². The van der Waals surface area contributed by atoms with Crippen LogP contribution >= 0.6 is 33.9 Å². The fraction of sp³-hybridized carbons (Fsp3) is 0.167. The monoisotopic (exact) mass is 329 g/mol. The Morgan fingerprint density at radius 2 is 2.13 bits per heavy atom. The maximum Gasteiger partial charge on any atom is 0.0668 e. The number of benzene rings is 1. The van der Waals surface area contributed by atoms with E-state index in [9.17, 15) is 0 Å². The molecule has 1 heterocycles. The molecule has 3 heteroatoms. The van der Waals surface area contributed by atoms with Gasteiger partial charge in [0.25, 0.3) is 0 Å². The number of hydrogen-bond donors (Lipinski definition) is 1. The number of halogens is 1. The zero-order valence-electron chi connectivity index (χ0n) is 8.41. The standard InChI is InChI=1S/C12H12INS/c1-14-12(11-6-3-7-15-11)9-4-2-5-10(13)8-9/h2-8,12,14H,1H3. The summed E-state index contributed by atoms with van der Waals surface area (Å²) < 4.78 is 1.28. The van der Waals surface area contributed by atoms with Gasteiger partial charge in [0.2, 0.25) is 0 Å². The third-order valence-electron chi connectivity index (χ3n) is 2.30. The van der Waals surface area contributed by atoms with Crippen molar-refractivity contribution in [3.8, 4) is 0 Å². The van der Waals surface area contributed by atoms with Crippen LogP contribution in [0.25, 0.3) is 0 Å². The van der Waals surface area contributed by atoms with Crippen LogP contribution < -0.4 is 5.32 Å². The molecule has 0 aliphatic rings. The molecule has 1 atom stereocenters. The SMILES string of the molecule is CNC(c1cccc(I)c1)c1cccs1. The molecular formula is C12H12INS. The van der Waals surface area contributed by atoms with Gasteiger partial charge in [0.05, 0.1) is 6.04 Å². The summed E-state index contributed by atoms with van der Waals surface area (Å²) in [4.78, 5) is 1.36. The first-order chi connectivity index (χ1) is 7.31. The highest BCUT2D eigenvalue weighted by Crippen LogP contribution is 2.26. The first-order valence-corrected chi connectivity index (χ1v) is 6.73. The van der Waals surface area contributed by atoms with Gasteiger partial charge in [-0.1, -0.05) is 18.2 Å². The predicted octanol–water partition coefficient (Wildman–Crippen LogP) is 3.66. The topological polar surface area (TPSA) is 12.0 Å². The van der Waals surface area contributed by atoms with Crippen molar-refractivity contribution in [3.05, 3.63) is 55.8 Å². The fourth-order valence-electron chi connectivity index (χ4n) is 1.61. The van der Waals surface area contributed by atoms with Crippen molar-refractivity contribution in [1.82, 2.24) is 5.32 Å². The van der Waals surface area contributed by atoms with E-state index in [2.05, 4.69) is 69.7 Å². The van der Waals surface area contributed by atoms with E-state index in [0.29, 0.717) is 6.04 Å². The Kier molecular flexibility index (Phi) is 3.77. The summed E-state index contributed by atoms with van der Waals surface area (Å²) in [5.74, 6) is 0. The first-order valence-electron chi connectivity index (χ1n) is 4.77. The lowest BCUT2D eigenvalue weighted by molar-refractivity contribution is 0.703. The van der Waals surface area contributed by atoms with Gasteiger partial charge >= 0.3 is 0 Å². The molecule has 2 rings (SSSR count). The zero-order valence-corrected chi connectivity index (χ0v) is 11.4. The van der Waals surface area contributed by atoms with Crippen LogP contribution in [0.1, 0.15) is 16.5 Å². The van der Waals surface area contributed by atoms with Gasteiger partial charge in [-0.3, -0.25) is 0 Å². The van der Waals surface area contributed by atoms with E-state index in [4.69, 9.17) is 0 Å².